The van der Waals surface area contributed by atoms with Crippen LogP contribution in [0.2, 0.25) is 0 Å². The second-order valence-corrected chi connectivity index (χ2v) is 9.27. The van der Waals surface area contributed by atoms with Gasteiger partial charge in [0.15, 0.2) is 0 Å². The molecule has 1 saturated carbocycles. The molecule has 1 aliphatic carbocycles. The number of piperidine rings is 1. The van der Waals surface area contributed by atoms with Crippen molar-refractivity contribution in [3.8, 4) is 22.8 Å². The predicted octanol–water partition coefficient (Wildman–Crippen LogP) is 3.42. The van der Waals surface area contributed by atoms with E-state index in [1.165, 1.54) is 5.39 Å². The van der Waals surface area contributed by atoms with E-state index in [1.807, 2.05) is 30.3 Å². The van der Waals surface area contributed by atoms with Crippen LogP contribution in [0, 0.1) is 11.8 Å². The third-order valence-corrected chi connectivity index (χ3v) is 7.28. The monoisotopic (exact) mass is 458 g/mol. The van der Waals surface area contributed by atoms with Crippen LogP contribution in [0.3, 0.4) is 0 Å². The van der Waals surface area contributed by atoms with Crippen molar-refractivity contribution in [2.75, 3.05) is 6.54 Å². The molecule has 2 aliphatic rings. The average Bonchev–Trinajstić information content (AvgIpc) is 3.54. The number of carboxylic acids is 1. The molecule has 9 nitrogen and oxygen atoms in total. The number of aromatic nitrogens is 5. The van der Waals surface area contributed by atoms with Gasteiger partial charge in [0.1, 0.15) is 11.8 Å². The zero-order valence-corrected chi connectivity index (χ0v) is 18.6. The van der Waals surface area contributed by atoms with E-state index in [0.717, 1.165) is 42.6 Å². The first-order chi connectivity index (χ1) is 16.7. The lowest BCUT2D eigenvalue weighted by Crippen LogP contribution is -2.50. The highest BCUT2D eigenvalue weighted by Gasteiger charge is 2.38. The largest absolute Gasteiger partial charge is 0.490 e. The van der Waals surface area contributed by atoms with E-state index in [0.29, 0.717) is 29.8 Å². The number of nitrogens with zero attached hydrogens (tertiary/aromatic N) is 4. The lowest BCUT2D eigenvalue weighted by Gasteiger charge is -2.41. The van der Waals surface area contributed by atoms with Crippen LogP contribution in [-0.2, 0) is 4.79 Å². The number of benzene rings is 2. The number of para-hydroxylation sites is 1. The average molecular weight is 459 g/mol. The Bertz CT molecular complexity index is 1320. The fourth-order valence-electron chi connectivity index (χ4n) is 5.52. The molecule has 174 valence electrons. The molecule has 1 aliphatic heterocycles. The minimum Gasteiger partial charge on any atom is -0.490 e. The molecule has 9 heteroatoms. The smallest absolute Gasteiger partial charge is 0.320 e. The van der Waals surface area contributed by atoms with Crippen LogP contribution in [0.4, 0.5) is 0 Å². The van der Waals surface area contributed by atoms with Crippen molar-refractivity contribution in [1.29, 1.82) is 0 Å². The Morgan fingerprint density at radius 3 is 2.85 bits per heavy atom. The second-order valence-electron chi connectivity index (χ2n) is 9.27. The van der Waals surface area contributed by atoms with E-state index in [2.05, 4.69) is 54.9 Å². The number of aromatic amines is 1. The fourth-order valence-corrected chi connectivity index (χ4v) is 5.52. The van der Waals surface area contributed by atoms with Crippen molar-refractivity contribution in [3.05, 3.63) is 54.7 Å². The SMILES string of the molecule is O=C(O)C1CC2CC(Oc3cc(-n4ccc5ccccc54)ccc3-c3nn[nH]n3)CCC2CN1. The highest BCUT2D eigenvalue weighted by Crippen LogP contribution is 2.39. The highest BCUT2D eigenvalue weighted by molar-refractivity contribution is 5.82. The number of ether oxygens (including phenoxy) is 1. The van der Waals surface area contributed by atoms with Gasteiger partial charge in [0, 0.05) is 18.0 Å². The van der Waals surface area contributed by atoms with Gasteiger partial charge in [-0.1, -0.05) is 18.2 Å². The van der Waals surface area contributed by atoms with Gasteiger partial charge < -0.3 is 19.7 Å². The third-order valence-electron chi connectivity index (χ3n) is 7.28. The topological polar surface area (TPSA) is 118 Å². The summed E-state index contributed by atoms with van der Waals surface area (Å²) in [5.74, 6) is 1.27. The van der Waals surface area contributed by atoms with Gasteiger partial charge in [0.05, 0.1) is 17.2 Å². The molecule has 0 spiro atoms. The van der Waals surface area contributed by atoms with Gasteiger partial charge in [-0.2, -0.15) is 5.21 Å². The van der Waals surface area contributed by atoms with Crippen LogP contribution in [0.25, 0.3) is 28.0 Å². The summed E-state index contributed by atoms with van der Waals surface area (Å²) in [5.41, 5.74) is 2.89. The molecule has 34 heavy (non-hydrogen) atoms. The lowest BCUT2D eigenvalue weighted by molar-refractivity contribution is -0.141. The Balaban J connectivity index is 1.31. The number of carbonyl (C=O) groups is 1. The molecule has 0 bridgehead atoms. The molecule has 1 saturated heterocycles. The van der Waals surface area contributed by atoms with E-state index in [4.69, 9.17) is 4.74 Å². The molecule has 2 fully saturated rings. The van der Waals surface area contributed by atoms with Crippen LogP contribution in [0.5, 0.6) is 5.75 Å². The van der Waals surface area contributed by atoms with E-state index in [1.54, 1.807) is 0 Å². The number of aliphatic carboxylic acids is 1. The van der Waals surface area contributed by atoms with Gasteiger partial charge in [0.25, 0.3) is 0 Å². The predicted molar refractivity (Wildman–Crippen MR) is 126 cm³/mol. The van der Waals surface area contributed by atoms with Crippen LogP contribution >= 0.6 is 0 Å². The summed E-state index contributed by atoms with van der Waals surface area (Å²) in [4.78, 5) is 11.5. The number of carboxylic acid groups (broad SMARTS) is 1. The quantitative estimate of drug-likeness (QED) is 0.419. The number of H-pyrrole nitrogens is 1. The Kier molecular flexibility index (Phi) is 5.26. The summed E-state index contributed by atoms with van der Waals surface area (Å²) >= 11 is 0. The Labute approximate surface area is 196 Å². The molecule has 6 rings (SSSR count). The van der Waals surface area contributed by atoms with Crippen molar-refractivity contribution in [2.24, 2.45) is 11.8 Å². The minimum atomic E-state index is -0.771. The first kappa shape index (κ1) is 20.9. The molecule has 3 heterocycles. The minimum absolute atomic E-state index is 0.0103. The van der Waals surface area contributed by atoms with E-state index in [9.17, 15) is 9.90 Å². The summed E-state index contributed by atoms with van der Waals surface area (Å²) in [6, 6.07) is 15.9. The molecule has 0 radical (unpaired) electrons. The maximum absolute atomic E-state index is 11.5. The maximum atomic E-state index is 11.5. The molecule has 4 aromatic rings. The summed E-state index contributed by atoms with van der Waals surface area (Å²) in [6.07, 6.45) is 5.52. The zero-order valence-electron chi connectivity index (χ0n) is 18.6. The Morgan fingerprint density at radius 2 is 2.00 bits per heavy atom. The first-order valence-electron chi connectivity index (χ1n) is 11.7. The molecule has 0 amide bonds. The van der Waals surface area contributed by atoms with Crippen LogP contribution in [0.15, 0.2) is 54.7 Å². The van der Waals surface area contributed by atoms with Gasteiger partial charge in [-0.15, -0.1) is 10.2 Å². The maximum Gasteiger partial charge on any atom is 0.320 e. The van der Waals surface area contributed by atoms with Crippen molar-refractivity contribution < 1.29 is 14.6 Å². The standard InChI is InChI=1S/C25H26N6O3/c32-25(33)21-12-17-11-19(7-5-16(17)14-26-21)34-23-13-18(6-8-20(23)24-27-29-30-28-24)31-10-9-15-3-1-2-4-22(15)31/h1-4,6,8-10,13,16-17,19,21,26H,5,7,11-12,14H2,(H,32,33)(H,27,28,29,30). The second kappa shape index (κ2) is 8.57. The number of tetrazole rings is 1. The van der Waals surface area contributed by atoms with E-state index in [-0.39, 0.29) is 6.10 Å². The Morgan fingerprint density at radius 1 is 1.09 bits per heavy atom. The molecule has 4 unspecified atom stereocenters. The van der Waals surface area contributed by atoms with Crippen molar-refractivity contribution >= 4 is 16.9 Å². The number of nitrogens with one attached hydrogen (secondary N) is 2. The summed E-state index contributed by atoms with van der Waals surface area (Å²) in [6.45, 7) is 0.763. The number of hydrogen-bond donors (Lipinski definition) is 3. The van der Waals surface area contributed by atoms with E-state index < -0.39 is 12.0 Å². The van der Waals surface area contributed by atoms with Crippen LogP contribution < -0.4 is 10.1 Å². The fraction of sp³-hybridized carbons (Fsp3) is 0.360. The Hall–Kier alpha value is -3.72. The van der Waals surface area contributed by atoms with Gasteiger partial charge in [-0.05, 0) is 78.9 Å². The number of rotatable bonds is 5. The number of fused-ring (bicyclic) bond motifs is 2. The highest BCUT2D eigenvalue weighted by atomic mass is 16.5. The summed E-state index contributed by atoms with van der Waals surface area (Å²) < 4.78 is 8.75. The van der Waals surface area contributed by atoms with Gasteiger partial charge >= 0.3 is 5.97 Å². The lowest BCUT2D eigenvalue weighted by atomic mass is 9.72. The third kappa shape index (κ3) is 3.81. The van der Waals surface area contributed by atoms with Gasteiger partial charge in [-0.25, -0.2) is 0 Å². The molecule has 2 aromatic carbocycles. The zero-order chi connectivity index (χ0) is 23.1. The molecular weight excluding hydrogens is 432 g/mol. The molecule has 4 atom stereocenters. The molecule has 2 aromatic heterocycles. The normalized spacial score (nSPS) is 24.6. The summed E-state index contributed by atoms with van der Waals surface area (Å²) in [5, 5.41) is 28.4. The van der Waals surface area contributed by atoms with Crippen LogP contribution in [-0.4, -0.2) is 55.0 Å². The summed E-state index contributed by atoms with van der Waals surface area (Å²) in [7, 11) is 0. The van der Waals surface area contributed by atoms with Crippen molar-refractivity contribution in [3.63, 3.8) is 0 Å². The van der Waals surface area contributed by atoms with Crippen LogP contribution in [0.1, 0.15) is 25.7 Å². The molecular formula is C25H26N6O3. The van der Waals surface area contributed by atoms with Crippen molar-refractivity contribution in [1.82, 2.24) is 30.5 Å². The molecule has 3 N–H and O–H groups in total. The van der Waals surface area contributed by atoms with Gasteiger partial charge in [-0.3, -0.25) is 4.79 Å². The first-order valence-corrected chi connectivity index (χ1v) is 11.7. The van der Waals surface area contributed by atoms with E-state index >= 15 is 0 Å². The van der Waals surface area contributed by atoms with Gasteiger partial charge in [0.2, 0.25) is 5.82 Å². The number of hydrogen-bond acceptors (Lipinski definition) is 6. The van der Waals surface area contributed by atoms with Crippen molar-refractivity contribution in [2.45, 2.75) is 37.8 Å².